The highest BCUT2D eigenvalue weighted by molar-refractivity contribution is 5.25. The maximum Gasteiger partial charge on any atom is 0.0863 e. The summed E-state index contributed by atoms with van der Waals surface area (Å²) in [6, 6.07) is 7.93. The van der Waals surface area contributed by atoms with Crippen LogP contribution in [0.4, 0.5) is 0 Å². The van der Waals surface area contributed by atoms with Gasteiger partial charge < -0.3 is 9.84 Å². The average molecular weight is 190 g/mol. The first kappa shape index (κ1) is 9.44. The lowest BCUT2D eigenvalue weighted by Crippen LogP contribution is -2.07. The molecular formula is C12H14O2. The van der Waals surface area contributed by atoms with Gasteiger partial charge in [0.05, 0.1) is 19.3 Å². The maximum absolute atomic E-state index is 9.01. The summed E-state index contributed by atoms with van der Waals surface area (Å²) >= 11 is 0. The summed E-state index contributed by atoms with van der Waals surface area (Å²) in [5, 5.41) is 9.01. The van der Waals surface area contributed by atoms with E-state index in [1.54, 1.807) is 0 Å². The SMILES string of the molecule is OCc1cccc(C2CC=CCO2)c1. The molecule has 1 atom stereocenters. The molecule has 1 N–H and O–H groups in total. The van der Waals surface area contributed by atoms with Crippen LogP contribution < -0.4 is 0 Å². The van der Waals surface area contributed by atoms with Crippen molar-refractivity contribution in [3.8, 4) is 0 Å². The molecule has 1 aromatic rings. The van der Waals surface area contributed by atoms with Crippen molar-refractivity contribution >= 4 is 0 Å². The van der Waals surface area contributed by atoms with Gasteiger partial charge in [-0.1, -0.05) is 36.4 Å². The summed E-state index contributed by atoms with van der Waals surface area (Å²) in [7, 11) is 0. The summed E-state index contributed by atoms with van der Waals surface area (Å²) in [5.41, 5.74) is 2.10. The molecule has 0 spiro atoms. The molecule has 0 radical (unpaired) electrons. The first-order valence-electron chi connectivity index (χ1n) is 4.86. The Labute approximate surface area is 83.8 Å². The minimum Gasteiger partial charge on any atom is -0.392 e. The van der Waals surface area contributed by atoms with Crippen LogP contribution in [0.25, 0.3) is 0 Å². The normalized spacial score (nSPS) is 21.1. The van der Waals surface area contributed by atoms with Gasteiger partial charge in [-0.3, -0.25) is 0 Å². The van der Waals surface area contributed by atoms with Gasteiger partial charge in [-0.2, -0.15) is 0 Å². The summed E-state index contributed by atoms with van der Waals surface area (Å²) in [5.74, 6) is 0. The molecule has 0 saturated heterocycles. The number of hydrogen-bond donors (Lipinski definition) is 1. The topological polar surface area (TPSA) is 29.5 Å². The Bertz CT molecular complexity index is 331. The Balaban J connectivity index is 2.18. The second-order valence-corrected chi connectivity index (χ2v) is 3.43. The molecule has 0 bridgehead atoms. The molecule has 1 heterocycles. The van der Waals surface area contributed by atoms with Gasteiger partial charge in [-0.15, -0.1) is 0 Å². The van der Waals surface area contributed by atoms with Crippen LogP contribution in [0.2, 0.25) is 0 Å². The van der Waals surface area contributed by atoms with Gasteiger partial charge in [-0.05, 0) is 17.5 Å². The third-order valence-corrected chi connectivity index (χ3v) is 2.42. The van der Waals surface area contributed by atoms with E-state index in [2.05, 4.69) is 6.08 Å². The average Bonchev–Trinajstić information content (AvgIpc) is 2.30. The van der Waals surface area contributed by atoms with Crippen LogP contribution >= 0.6 is 0 Å². The van der Waals surface area contributed by atoms with E-state index in [1.807, 2.05) is 30.3 Å². The second kappa shape index (κ2) is 4.40. The summed E-state index contributed by atoms with van der Waals surface area (Å²) in [6.07, 6.45) is 5.26. The Hall–Kier alpha value is -1.12. The zero-order chi connectivity index (χ0) is 9.80. The smallest absolute Gasteiger partial charge is 0.0863 e. The number of rotatable bonds is 2. The van der Waals surface area contributed by atoms with Gasteiger partial charge in [-0.25, -0.2) is 0 Å². The van der Waals surface area contributed by atoms with Gasteiger partial charge >= 0.3 is 0 Å². The van der Waals surface area contributed by atoms with Crippen LogP contribution in [-0.4, -0.2) is 11.7 Å². The zero-order valence-corrected chi connectivity index (χ0v) is 8.02. The largest absolute Gasteiger partial charge is 0.392 e. The molecule has 1 aliphatic rings. The van der Waals surface area contributed by atoms with Crippen LogP contribution in [0, 0.1) is 0 Å². The molecule has 2 heteroatoms. The molecule has 1 aromatic carbocycles. The van der Waals surface area contributed by atoms with Crippen molar-refractivity contribution in [2.24, 2.45) is 0 Å². The van der Waals surface area contributed by atoms with Crippen LogP contribution in [0.3, 0.4) is 0 Å². The van der Waals surface area contributed by atoms with Crippen molar-refractivity contribution in [3.05, 3.63) is 47.5 Å². The minimum absolute atomic E-state index is 0.0937. The van der Waals surface area contributed by atoms with Gasteiger partial charge in [0.1, 0.15) is 0 Å². The number of hydrogen-bond acceptors (Lipinski definition) is 2. The molecule has 0 saturated carbocycles. The predicted molar refractivity (Wildman–Crippen MR) is 54.8 cm³/mol. The molecule has 0 amide bonds. The number of benzene rings is 1. The second-order valence-electron chi connectivity index (χ2n) is 3.43. The summed E-state index contributed by atoms with van der Waals surface area (Å²) in [6.45, 7) is 0.782. The number of aliphatic hydroxyl groups is 1. The quantitative estimate of drug-likeness (QED) is 0.724. The standard InChI is InChI=1S/C12H14O2/c13-9-10-4-3-5-11(8-10)12-6-1-2-7-14-12/h1-5,8,12-13H,6-7,9H2. The fraction of sp³-hybridized carbons (Fsp3) is 0.333. The third-order valence-electron chi connectivity index (χ3n) is 2.42. The minimum atomic E-state index is 0.0937. The van der Waals surface area contributed by atoms with Gasteiger partial charge in [0.25, 0.3) is 0 Å². The highest BCUT2D eigenvalue weighted by Crippen LogP contribution is 2.24. The molecule has 1 unspecified atom stereocenters. The fourth-order valence-corrected chi connectivity index (χ4v) is 1.65. The van der Waals surface area contributed by atoms with Crippen molar-refractivity contribution in [1.82, 2.24) is 0 Å². The van der Waals surface area contributed by atoms with E-state index >= 15 is 0 Å². The van der Waals surface area contributed by atoms with E-state index in [0.29, 0.717) is 6.61 Å². The molecule has 74 valence electrons. The first-order chi connectivity index (χ1) is 6.90. The summed E-state index contributed by atoms with van der Waals surface area (Å²) in [4.78, 5) is 0. The van der Waals surface area contributed by atoms with E-state index in [0.717, 1.165) is 17.5 Å². The highest BCUT2D eigenvalue weighted by atomic mass is 16.5. The van der Waals surface area contributed by atoms with Crippen LogP contribution in [0.15, 0.2) is 36.4 Å². The van der Waals surface area contributed by atoms with Crippen LogP contribution in [0.5, 0.6) is 0 Å². The van der Waals surface area contributed by atoms with Gasteiger partial charge in [0.15, 0.2) is 0 Å². The van der Waals surface area contributed by atoms with Crippen molar-refractivity contribution < 1.29 is 9.84 Å². The molecule has 1 aliphatic heterocycles. The van der Waals surface area contributed by atoms with E-state index < -0.39 is 0 Å². The van der Waals surface area contributed by atoms with Crippen molar-refractivity contribution in [1.29, 1.82) is 0 Å². The first-order valence-corrected chi connectivity index (χ1v) is 4.86. The van der Waals surface area contributed by atoms with Crippen molar-refractivity contribution in [2.45, 2.75) is 19.1 Å². The Morgan fingerprint density at radius 2 is 2.29 bits per heavy atom. The molecule has 14 heavy (non-hydrogen) atoms. The predicted octanol–water partition coefficient (Wildman–Crippen LogP) is 2.20. The fourth-order valence-electron chi connectivity index (χ4n) is 1.65. The Morgan fingerprint density at radius 1 is 1.36 bits per heavy atom. The van der Waals surface area contributed by atoms with Crippen LogP contribution in [0.1, 0.15) is 23.7 Å². The molecule has 2 nitrogen and oxygen atoms in total. The van der Waals surface area contributed by atoms with Crippen LogP contribution in [-0.2, 0) is 11.3 Å². The monoisotopic (exact) mass is 190 g/mol. The van der Waals surface area contributed by atoms with Gasteiger partial charge in [0.2, 0.25) is 0 Å². The lowest BCUT2D eigenvalue weighted by Gasteiger charge is -2.19. The summed E-state index contributed by atoms with van der Waals surface area (Å²) < 4.78 is 5.60. The van der Waals surface area contributed by atoms with Gasteiger partial charge in [0, 0.05) is 0 Å². The van der Waals surface area contributed by atoms with E-state index in [4.69, 9.17) is 9.84 Å². The highest BCUT2D eigenvalue weighted by Gasteiger charge is 2.12. The maximum atomic E-state index is 9.01. The van der Waals surface area contributed by atoms with Crippen molar-refractivity contribution in [2.75, 3.05) is 6.61 Å². The van der Waals surface area contributed by atoms with E-state index in [-0.39, 0.29) is 12.7 Å². The number of ether oxygens (including phenoxy) is 1. The van der Waals surface area contributed by atoms with E-state index in [1.165, 1.54) is 0 Å². The molecule has 0 fully saturated rings. The molecule has 0 aromatic heterocycles. The molecule has 2 rings (SSSR count). The Morgan fingerprint density at radius 3 is 3.00 bits per heavy atom. The lowest BCUT2D eigenvalue weighted by molar-refractivity contribution is 0.0676. The van der Waals surface area contributed by atoms with E-state index in [9.17, 15) is 0 Å². The number of aliphatic hydroxyl groups excluding tert-OH is 1. The molecular weight excluding hydrogens is 176 g/mol. The third kappa shape index (κ3) is 2.03. The van der Waals surface area contributed by atoms with Crippen molar-refractivity contribution in [3.63, 3.8) is 0 Å². The Kier molecular flexibility index (Phi) is 2.96. The molecule has 0 aliphatic carbocycles. The zero-order valence-electron chi connectivity index (χ0n) is 8.02. The lowest BCUT2D eigenvalue weighted by atomic mass is 10.0.